The van der Waals surface area contributed by atoms with Gasteiger partial charge >= 0.3 is 7.60 Å². The van der Waals surface area contributed by atoms with Gasteiger partial charge in [0.2, 0.25) is 0 Å². The Labute approximate surface area is 97.8 Å². The van der Waals surface area contributed by atoms with Crippen LogP contribution in [0.25, 0.3) is 0 Å². The molecule has 1 rings (SSSR count). The summed E-state index contributed by atoms with van der Waals surface area (Å²) in [4.78, 5) is 28.6. The van der Waals surface area contributed by atoms with E-state index >= 15 is 0 Å². The Hall–Kier alpha value is -1.24. The fourth-order valence-electron chi connectivity index (χ4n) is 1.10. The maximum Gasteiger partial charge on any atom is 0.339 e. The lowest BCUT2D eigenvalue weighted by Crippen LogP contribution is -2.36. The first-order valence-electron chi connectivity index (χ1n) is 4.71. The second kappa shape index (κ2) is 5.90. The number of hydroxylamine groups is 2. The number of nitrogens with zero attached hydrogens (tertiary/aromatic N) is 1. The van der Waals surface area contributed by atoms with Gasteiger partial charge in [0.1, 0.15) is 6.29 Å². The van der Waals surface area contributed by atoms with Gasteiger partial charge in [0, 0.05) is 5.56 Å². The fraction of sp³-hybridized carbons (Fsp3) is 0.222. The van der Waals surface area contributed by atoms with Gasteiger partial charge in [0.25, 0.3) is 5.91 Å². The van der Waals surface area contributed by atoms with Gasteiger partial charge in [-0.2, -0.15) is 0 Å². The molecule has 1 aromatic rings. The van der Waals surface area contributed by atoms with Gasteiger partial charge in [-0.15, -0.1) is 0 Å². The standard InChI is InChI=1S/C9H13N2O5P/c12-9(8-4-2-1-3-5-8)11(13)6-10-7-17(14,15)16/h1-5,10,13H,6-7H2,(H2,14,15,16). The van der Waals surface area contributed by atoms with Crippen LogP contribution in [0.1, 0.15) is 10.4 Å². The molecular formula is C9H13N2O5P. The van der Waals surface area contributed by atoms with Crippen LogP contribution >= 0.6 is 7.60 Å². The number of hydrogen-bond acceptors (Lipinski definition) is 4. The highest BCUT2D eigenvalue weighted by atomic mass is 31.2. The Morgan fingerprint density at radius 3 is 2.41 bits per heavy atom. The molecule has 0 heterocycles. The molecule has 0 atom stereocenters. The summed E-state index contributed by atoms with van der Waals surface area (Å²) in [5, 5.41) is 12.0. The normalized spacial score (nSPS) is 11.2. The Balaban J connectivity index is 2.46. The Kier molecular flexibility index (Phi) is 4.80. The van der Waals surface area contributed by atoms with Crippen molar-refractivity contribution in [2.75, 3.05) is 13.0 Å². The molecule has 0 spiro atoms. The van der Waals surface area contributed by atoms with Gasteiger partial charge in [-0.1, -0.05) is 18.2 Å². The molecule has 0 aromatic heterocycles. The highest BCUT2D eigenvalue weighted by Crippen LogP contribution is 2.31. The zero-order valence-electron chi connectivity index (χ0n) is 8.85. The second-order valence-corrected chi connectivity index (χ2v) is 4.95. The summed E-state index contributed by atoms with van der Waals surface area (Å²) in [6.45, 7) is -0.362. The van der Waals surface area contributed by atoms with Crippen molar-refractivity contribution in [3.8, 4) is 0 Å². The minimum atomic E-state index is -4.18. The molecule has 1 amide bonds. The van der Waals surface area contributed by atoms with Crippen LogP contribution in [0.5, 0.6) is 0 Å². The molecule has 7 nitrogen and oxygen atoms in total. The topological polar surface area (TPSA) is 110 Å². The Bertz CT molecular complexity index is 419. The summed E-state index contributed by atoms with van der Waals surface area (Å²) in [7, 11) is -4.18. The molecule has 0 aliphatic rings. The fourth-order valence-corrected chi connectivity index (χ4v) is 1.49. The second-order valence-electron chi connectivity index (χ2n) is 3.30. The third-order valence-electron chi connectivity index (χ3n) is 1.83. The summed E-state index contributed by atoms with van der Waals surface area (Å²) in [5.41, 5.74) is 0.285. The molecule has 4 N–H and O–H groups in total. The highest BCUT2D eigenvalue weighted by molar-refractivity contribution is 7.51. The van der Waals surface area contributed by atoms with Crippen molar-refractivity contribution in [3.05, 3.63) is 35.9 Å². The summed E-state index contributed by atoms with van der Waals surface area (Å²) < 4.78 is 10.5. The molecule has 0 saturated carbocycles. The maximum absolute atomic E-state index is 11.5. The van der Waals surface area contributed by atoms with Gasteiger partial charge in [0.15, 0.2) is 0 Å². The molecule has 0 aliphatic carbocycles. The zero-order valence-corrected chi connectivity index (χ0v) is 9.75. The minimum absolute atomic E-state index is 0.285. The van der Waals surface area contributed by atoms with Crippen LogP contribution < -0.4 is 5.32 Å². The minimum Gasteiger partial charge on any atom is -0.324 e. The molecule has 8 heteroatoms. The summed E-state index contributed by atoms with van der Waals surface area (Å²) in [5.74, 6) is -0.649. The largest absolute Gasteiger partial charge is 0.339 e. The van der Waals surface area contributed by atoms with Gasteiger partial charge in [-0.25, -0.2) is 5.06 Å². The monoisotopic (exact) mass is 260 g/mol. The molecule has 94 valence electrons. The first kappa shape index (κ1) is 13.8. The maximum atomic E-state index is 11.5. The first-order chi connectivity index (χ1) is 7.90. The van der Waals surface area contributed by atoms with E-state index in [4.69, 9.17) is 9.79 Å². The van der Waals surface area contributed by atoms with Crippen LogP contribution in [-0.4, -0.2) is 38.9 Å². The lowest BCUT2D eigenvalue weighted by atomic mass is 10.2. The number of hydrogen-bond donors (Lipinski definition) is 4. The number of carbonyl (C=O) groups is 1. The van der Waals surface area contributed by atoms with Crippen LogP contribution in [-0.2, 0) is 4.57 Å². The first-order valence-corrected chi connectivity index (χ1v) is 6.51. The number of rotatable bonds is 5. The van der Waals surface area contributed by atoms with Crippen LogP contribution in [0.15, 0.2) is 30.3 Å². The molecule has 17 heavy (non-hydrogen) atoms. The van der Waals surface area contributed by atoms with Gasteiger partial charge in [-0.3, -0.25) is 19.9 Å². The molecule has 0 fully saturated rings. The zero-order chi connectivity index (χ0) is 12.9. The Morgan fingerprint density at radius 2 is 1.88 bits per heavy atom. The van der Waals surface area contributed by atoms with Crippen molar-refractivity contribution in [2.45, 2.75) is 0 Å². The predicted molar refractivity (Wildman–Crippen MR) is 59.3 cm³/mol. The van der Waals surface area contributed by atoms with Gasteiger partial charge in [0.05, 0.1) is 6.67 Å². The lowest BCUT2D eigenvalue weighted by Gasteiger charge is -2.15. The highest BCUT2D eigenvalue weighted by Gasteiger charge is 2.15. The van der Waals surface area contributed by atoms with E-state index < -0.39 is 19.8 Å². The molecule has 1 aromatic carbocycles. The smallest absolute Gasteiger partial charge is 0.324 e. The third-order valence-corrected chi connectivity index (χ3v) is 2.47. The SMILES string of the molecule is O=C(c1ccccc1)N(O)CNCP(=O)(O)O. The van der Waals surface area contributed by atoms with Crippen LogP contribution in [0, 0.1) is 0 Å². The number of nitrogens with one attached hydrogen (secondary N) is 1. The molecule has 0 bridgehead atoms. The van der Waals surface area contributed by atoms with Crippen molar-refractivity contribution >= 4 is 13.5 Å². The van der Waals surface area contributed by atoms with E-state index in [9.17, 15) is 14.6 Å². The molecule has 0 saturated heterocycles. The number of amides is 1. The predicted octanol–water partition coefficient (Wildman–Crippen LogP) is 0.200. The summed E-state index contributed by atoms with van der Waals surface area (Å²) in [6, 6.07) is 8.06. The van der Waals surface area contributed by atoms with Crippen molar-refractivity contribution in [1.29, 1.82) is 0 Å². The van der Waals surface area contributed by atoms with E-state index in [1.165, 1.54) is 12.1 Å². The average Bonchev–Trinajstić information content (AvgIpc) is 2.27. The van der Waals surface area contributed by atoms with Crippen molar-refractivity contribution in [2.24, 2.45) is 0 Å². The molecular weight excluding hydrogens is 247 g/mol. The summed E-state index contributed by atoms with van der Waals surface area (Å²) >= 11 is 0. The molecule has 0 aliphatic heterocycles. The van der Waals surface area contributed by atoms with E-state index in [1.54, 1.807) is 18.2 Å². The van der Waals surface area contributed by atoms with E-state index in [1.807, 2.05) is 0 Å². The van der Waals surface area contributed by atoms with E-state index in [-0.39, 0.29) is 12.2 Å². The van der Waals surface area contributed by atoms with Crippen LogP contribution in [0.4, 0.5) is 0 Å². The van der Waals surface area contributed by atoms with Crippen molar-refractivity contribution < 1.29 is 24.4 Å². The van der Waals surface area contributed by atoms with Crippen molar-refractivity contribution in [1.82, 2.24) is 10.4 Å². The Morgan fingerprint density at radius 1 is 1.29 bits per heavy atom. The van der Waals surface area contributed by atoms with Crippen LogP contribution in [0.2, 0.25) is 0 Å². The van der Waals surface area contributed by atoms with E-state index in [0.717, 1.165) is 0 Å². The van der Waals surface area contributed by atoms with E-state index in [0.29, 0.717) is 5.06 Å². The quantitative estimate of drug-likeness (QED) is 0.260. The van der Waals surface area contributed by atoms with E-state index in [2.05, 4.69) is 5.32 Å². The molecule has 0 radical (unpaired) electrons. The molecule has 0 unspecified atom stereocenters. The summed E-state index contributed by atoms with van der Waals surface area (Å²) in [6.07, 6.45) is -0.605. The van der Waals surface area contributed by atoms with Gasteiger partial charge in [-0.05, 0) is 12.1 Å². The van der Waals surface area contributed by atoms with Gasteiger partial charge < -0.3 is 9.79 Å². The van der Waals surface area contributed by atoms with Crippen LogP contribution in [0.3, 0.4) is 0 Å². The lowest BCUT2D eigenvalue weighted by molar-refractivity contribution is -0.0623. The number of carbonyl (C=O) groups excluding carboxylic acids is 1. The van der Waals surface area contributed by atoms with Crippen molar-refractivity contribution in [3.63, 3.8) is 0 Å². The number of benzene rings is 1. The average molecular weight is 260 g/mol. The third kappa shape index (κ3) is 5.08.